The second-order valence-corrected chi connectivity index (χ2v) is 7.21. The molecule has 0 unspecified atom stereocenters. The van der Waals surface area contributed by atoms with Crippen molar-refractivity contribution in [1.29, 1.82) is 0 Å². The van der Waals surface area contributed by atoms with Crippen LogP contribution in [0.25, 0.3) is 0 Å². The maximum Gasteiger partial charge on any atom is 0.226 e. The Labute approximate surface area is 127 Å². The molecule has 2 N–H and O–H groups in total. The van der Waals surface area contributed by atoms with Crippen LogP contribution in [0.2, 0.25) is 0 Å². The van der Waals surface area contributed by atoms with Crippen molar-refractivity contribution in [2.75, 3.05) is 50.8 Å². The van der Waals surface area contributed by atoms with E-state index < -0.39 is 0 Å². The molecule has 0 aromatic rings. The van der Waals surface area contributed by atoms with Crippen LogP contribution in [0.3, 0.4) is 0 Å². The topological polar surface area (TPSA) is 44.4 Å². The number of carbonyl (C=O) groups is 1. The maximum atomic E-state index is 12.6. The number of hydrogen-bond acceptors (Lipinski definition) is 4. The maximum absolute atomic E-state index is 12.6. The third kappa shape index (κ3) is 4.37. The Bertz CT molecular complexity index is 294. The van der Waals surface area contributed by atoms with E-state index in [4.69, 9.17) is 0 Å². The van der Waals surface area contributed by atoms with Crippen LogP contribution >= 0.6 is 11.8 Å². The predicted molar refractivity (Wildman–Crippen MR) is 86.2 cm³/mol. The average Bonchev–Trinajstić information content (AvgIpc) is 2.49. The van der Waals surface area contributed by atoms with Crippen molar-refractivity contribution in [2.45, 2.75) is 32.6 Å². The van der Waals surface area contributed by atoms with Gasteiger partial charge in [0.05, 0.1) is 5.41 Å². The van der Waals surface area contributed by atoms with Gasteiger partial charge >= 0.3 is 0 Å². The van der Waals surface area contributed by atoms with Crippen LogP contribution in [-0.4, -0.2) is 61.6 Å². The molecule has 5 heteroatoms. The predicted octanol–water partition coefficient (Wildman–Crippen LogP) is 1.32. The molecular formula is C15H29N3OS. The van der Waals surface area contributed by atoms with Crippen molar-refractivity contribution >= 4 is 17.7 Å². The van der Waals surface area contributed by atoms with Gasteiger partial charge in [-0.25, -0.2) is 0 Å². The van der Waals surface area contributed by atoms with Gasteiger partial charge in [0.25, 0.3) is 0 Å². The fourth-order valence-electron chi connectivity index (χ4n) is 3.31. The minimum Gasteiger partial charge on any atom is -0.354 e. The highest BCUT2D eigenvalue weighted by Gasteiger charge is 2.38. The highest BCUT2D eigenvalue weighted by molar-refractivity contribution is 7.99. The third-order valence-electron chi connectivity index (χ3n) is 4.59. The third-order valence-corrected chi connectivity index (χ3v) is 5.53. The second kappa shape index (κ2) is 8.25. The summed E-state index contributed by atoms with van der Waals surface area (Å²) in [5.74, 6) is 2.77. The molecule has 2 fully saturated rings. The van der Waals surface area contributed by atoms with Gasteiger partial charge in [0.2, 0.25) is 5.91 Å². The molecule has 0 spiro atoms. The van der Waals surface area contributed by atoms with E-state index >= 15 is 0 Å². The van der Waals surface area contributed by atoms with Crippen molar-refractivity contribution in [2.24, 2.45) is 5.41 Å². The van der Waals surface area contributed by atoms with Crippen LogP contribution in [0.5, 0.6) is 0 Å². The largest absolute Gasteiger partial charge is 0.354 e. The number of amides is 1. The van der Waals surface area contributed by atoms with Gasteiger partial charge in [-0.1, -0.05) is 13.3 Å². The van der Waals surface area contributed by atoms with Gasteiger partial charge in [-0.2, -0.15) is 11.8 Å². The molecule has 0 bridgehead atoms. The minimum atomic E-state index is -0.0995. The molecule has 2 aliphatic rings. The Morgan fingerprint density at radius 1 is 1.30 bits per heavy atom. The summed E-state index contributed by atoms with van der Waals surface area (Å²) in [6, 6.07) is 0. The van der Waals surface area contributed by atoms with Crippen LogP contribution < -0.4 is 10.6 Å². The number of hydrogen-bond donors (Lipinski definition) is 2. The SMILES string of the molecule is CCCC1(C(=O)NCCN2CCSCC2)CCNCC1. The van der Waals surface area contributed by atoms with E-state index in [9.17, 15) is 4.79 Å². The summed E-state index contributed by atoms with van der Waals surface area (Å²) in [4.78, 5) is 15.1. The summed E-state index contributed by atoms with van der Waals surface area (Å²) in [5.41, 5.74) is -0.0995. The fraction of sp³-hybridized carbons (Fsp3) is 0.933. The fourth-order valence-corrected chi connectivity index (χ4v) is 4.29. The molecular weight excluding hydrogens is 270 g/mol. The Morgan fingerprint density at radius 2 is 2.00 bits per heavy atom. The van der Waals surface area contributed by atoms with Crippen molar-refractivity contribution in [3.8, 4) is 0 Å². The lowest BCUT2D eigenvalue weighted by atomic mass is 9.74. The van der Waals surface area contributed by atoms with Crippen LogP contribution in [0.15, 0.2) is 0 Å². The van der Waals surface area contributed by atoms with Gasteiger partial charge < -0.3 is 10.6 Å². The second-order valence-electron chi connectivity index (χ2n) is 5.99. The van der Waals surface area contributed by atoms with Crippen LogP contribution in [0.1, 0.15) is 32.6 Å². The minimum absolute atomic E-state index is 0.0995. The molecule has 0 aromatic carbocycles. The van der Waals surface area contributed by atoms with E-state index in [1.807, 2.05) is 11.8 Å². The lowest BCUT2D eigenvalue weighted by Gasteiger charge is -2.36. The van der Waals surface area contributed by atoms with Gasteiger partial charge in [0, 0.05) is 37.7 Å². The molecule has 20 heavy (non-hydrogen) atoms. The normalized spacial score (nSPS) is 23.4. The molecule has 0 atom stereocenters. The molecule has 2 aliphatic heterocycles. The van der Waals surface area contributed by atoms with Crippen molar-refractivity contribution in [1.82, 2.24) is 15.5 Å². The first-order valence-electron chi connectivity index (χ1n) is 8.06. The molecule has 0 saturated carbocycles. The summed E-state index contributed by atoms with van der Waals surface area (Å²) in [6.07, 6.45) is 4.11. The Morgan fingerprint density at radius 3 is 2.65 bits per heavy atom. The molecule has 2 heterocycles. The highest BCUT2D eigenvalue weighted by atomic mass is 32.2. The van der Waals surface area contributed by atoms with Gasteiger partial charge in [0.15, 0.2) is 0 Å². The Hall–Kier alpha value is -0.260. The average molecular weight is 299 g/mol. The molecule has 0 aromatic heterocycles. The Kier molecular flexibility index (Phi) is 6.65. The molecule has 116 valence electrons. The van der Waals surface area contributed by atoms with Gasteiger partial charge in [-0.15, -0.1) is 0 Å². The number of thioether (sulfide) groups is 1. The molecule has 0 radical (unpaired) electrons. The quantitative estimate of drug-likeness (QED) is 0.776. The van der Waals surface area contributed by atoms with E-state index in [1.165, 1.54) is 24.6 Å². The number of rotatable bonds is 6. The zero-order chi connectivity index (χ0) is 14.3. The van der Waals surface area contributed by atoms with Crippen molar-refractivity contribution in [3.63, 3.8) is 0 Å². The monoisotopic (exact) mass is 299 g/mol. The number of nitrogens with zero attached hydrogens (tertiary/aromatic N) is 1. The summed E-state index contributed by atoms with van der Waals surface area (Å²) in [5, 5.41) is 6.58. The number of carbonyl (C=O) groups excluding carboxylic acids is 1. The first-order valence-corrected chi connectivity index (χ1v) is 9.21. The molecule has 0 aliphatic carbocycles. The standard InChI is InChI=1S/C15H29N3OS/c1-2-3-15(4-6-16-7-5-15)14(19)17-8-9-18-10-12-20-13-11-18/h16H,2-13H2,1H3,(H,17,19). The molecule has 2 rings (SSSR count). The van der Waals surface area contributed by atoms with Gasteiger partial charge in [-0.05, 0) is 32.4 Å². The highest BCUT2D eigenvalue weighted by Crippen LogP contribution is 2.34. The summed E-state index contributed by atoms with van der Waals surface area (Å²) in [7, 11) is 0. The smallest absolute Gasteiger partial charge is 0.226 e. The number of nitrogens with one attached hydrogen (secondary N) is 2. The van der Waals surface area contributed by atoms with E-state index in [2.05, 4.69) is 22.5 Å². The van der Waals surface area contributed by atoms with Crippen LogP contribution in [0, 0.1) is 5.41 Å². The summed E-state index contributed by atoms with van der Waals surface area (Å²) >= 11 is 2.03. The van der Waals surface area contributed by atoms with Crippen LogP contribution in [-0.2, 0) is 4.79 Å². The van der Waals surface area contributed by atoms with E-state index in [0.29, 0.717) is 5.91 Å². The van der Waals surface area contributed by atoms with Crippen molar-refractivity contribution < 1.29 is 4.79 Å². The number of piperidine rings is 1. The van der Waals surface area contributed by atoms with Gasteiger partial charge in [0.1, 0.15) is 0 Å². The van der Waals surface area contributed by atoms with Crippen molar-refractivity contribution in [3.05, 3.63) is 0 Å². The summed E-state index contributed by atoms with van der Waals surface area (Å²) in [6.45, 7) is 8.31. The Balaban J connectivity index is 1.76. The molecule has 4 nitrogen and oxygen atoms in total. The van der Waals surface area contributed by atoms with Gasteiger partial charge in [-0.3, -0.25) is 9.69 Å². The van der Waals surface area contributed by atoms with Crippen LogP contribution in [0.4, 0.5) is 0 Å². The zero-order valence-electron chi connectivity index (χ0n) is 12.7. The first-order chi connectivity index (χ1) is 9.77. The lowest BCUT2D eigenvalue weighted by molar-refractivity contribution is -0.133. The molecule has 2 saturated heterocycles. The summed E-state index contributed by atoms with van der Waals surface area (Å²) < 4.78 is 0. The lowest BCUT2D eigenvalue weighted by Crippen LogP contribution is -2.49. The van der Waals surface area contributed by atoms with E-state index in [-0.39, 0.29) is 5.41 Å². The molecule has 1 amide bonds. The van der Waals surface area contributed by atoms with E-state index in [0.717, 1.165) is 51.9 Å². The zero-order valence-corrected chi connectivity index (χ0v) is 13.6. The van der Waals surface area contributed by atoms with E-state index in [1.54, 1.807) is 0 Å². The first kappa shape index (κ1) is 16.1.